The van der Waals surface area contributed by atoms with Crippen LogP contribution < -0.4 is 10.6 Å². The highest BCUT2D eigenvalue weighted by atomic mass is 32.2. The number of aromatic amines is 1. The van der Waals surface area contributed by atoms with Crippen LogP contribution in [0, 0.1) is 0 Å². The van der Waals surface area contributed by atoms with E-state index in [1.807, 2.05) is 0 Å². The maximum atomic E-state index is 11.1. The second-order valence-electron chi connectivity index (χ2n) is 15.2. The number of H-pyrrole nitrogens is 1. The monoisotopic (exact) mass is 955 g/mol. The molecule has 1 aromatic carbocycles. The highest BCUT2D eigenvalue weighted by Crippen LogP contribution is 2.30. The molecule has 4 rings (SSSR count). The van der Waals surface area contributed by atoms with Gasteiger partial charge in [0, 0.05) is 56.6 Å². The minimum atomic E-state index is 0.129. The average molecular weight is 955 g/mol. The smallest absolute Gasteiger partial charge is 0.190 e. The molecule has 0 bridgehead atoms. The van der Waals surface area contributed by atoms with Crippen molar-refractivity contribution in [3.63, 3.8) is 0 Å². The van der Waals surface area contributed by atoms with Crippen molar-refractivity contribution in [3.05, 3.63) is 24.0 Å². The molecule has 0 spiro atoms. The summed E-state index contributed by atoms with van der Waals surface area (Å²) in [5.74, 6) is 1.47. The van der Waals surface area contributed by atoms with Crippen LogP contribution in [-0.4, -0.2) is 223 Å². The van der Waals surface area contributed by atoms with E-state index < -0.39 is 0 Å². The molecule has 20 heteroatoms. The number of carbonyl (C=O) groups excluding carboxylic acids is 1. The third kappa shape index (κ3) is 24.5. The summed E-state index contributed by atoms with van der Waals surface area (Å²) in [6.07, 6.45) is 5.31. The quantitative estimate of drug-likeness (QED) is 0.0778. The van der Waals surface area contributed by atoms with Crippen molar-refractivity contribution in [2.45, 2.75) is 32.6 Å². The molecule has 0 saturated carbocycles. The molecule has 3 N–H and O–H groups in total. The van der Waals surface area contributed by atoms with E-state index in [1.54, 1.807) is 6.26 Å². The molecule has 0 aliphatic carbocycles. The first-order valence-corrected chi connectivity index (χ1v) is 24.9. The number of fused-ring (bicyclic) bond motifs is 3. The van der Waals surface area contributed by atoms with E-state index in [0.29, 0.717) is 171 Å². The van der Waals surface area contributed by atoms with Gasteiger partial charge >= 0.3 is 0 Å². The Labute approximate surface area is 395 Å². The van der Waals surface area contributed by atoms with Crippen molar-refractivity contribution in [1.82, 2.24) is 19.9 Å². The molecule has 1 saturated heterocycles. The Hall–Kier alpha value is -2.80. The number of aromatic nitrogens is 3. The van der Waals surface area contributed by atoms with E-state index in [2.05, 4.69) is 44.9 Å². The van der Waals surface area contributed by atoms with Crippen LogP contribution in [0.1, 0.15) is 32.0 Å². The van der Waals surface area contributed by atoms with Crippen LogP contribution in [-0.2, 0) is 68.1 Å². The average Bonchev–Trinajstić information content (AvgIpc) is 3.78. The molecule has 66 heavy (non-hydrogen) atoms. The predicted octanol–water partition coefficient (Wildman–Crippen LogP) is 3.64. The molecule has 1 fully saturated rings. The number of carbonyl (C=O) groups is 1. The summed E-state index contributed by atoms with van der Waals surface area (Å²) in [5, 5.41) is 1.17. The van der Waals surface area contributed by atoms with E-state index in [1.165, 1.54) is 17.4 Å². The molecule has 19 nitrogen and oxygen atoms in total. The molecule has 376 valence electrons. The fourth-order valence-corrected chi connectivity index (χ4v) is 6.95. The van der Waals surface area contributed by atoms with E-state index in [-0.39, 0.29) is 5.12 Å². The lowest BCUT2D eigenvalue weighted by molar-refractivity contribution is -0.112. The number of hydrogen-bond donors (Lipinski definition) is 2. The van der Waals surface area contributed by atoms with E-state index in [0.717, 1.165) is 79.7 Å². The summed E-state index contributed by atoms with van der Waals surface area (Å²) in [5.41, 5.74) is 10.1. The van der Waals surface area contributed by atoms with Crippen molar-refractivity contribution in [3.8, 4) is 0 Å². The first kappa shape index (κ1) is 55.8. The van der Waals surface area contributed by atoms with Crippen LogP contribution in [0.4, 0.5) is 11.5 Å². The first-order chi connectivity index (χ1) is 32.6. The molecule has 3 heterocycles. The summed E-state index contributed by atoms with van der Waals surface area (Å²) in [7, 11) is 0. The zero-order valence-corrected chi connectivity index (χ0v) is 40.5. The second kappa shape index (κ2) is 37.1. The maximum absolute atomic E-state index is 11.1. The van der Waals surface area contributed by atoms with Crippen molar-refractivity contribution >= 4 is 50.3 Å². The van der Waals surface area contributed by atoms with E-state index in [4.69, 9.17) is 67.6 Å². The Bertz CT molecular complexity index is 1670. The number of thioether (sulfide) groups is 1. The van der Waals surface area contributed by atoms with Gasteiger partial charge in [-0.25, -0.2) is 9.97 Å². The third-order valence-electron chi connectivity index (χ3n) is 10.3. The van der Waals surface area contributed by atoms with E-state index in [9.17, 15) is 4.79 Å². The Morgan fingerprint density at radius 3 is 1.45 bits per heavy atom. The lowest BCUT2D eigenvalue weighted by Crippen LogP contribution is -2.47. The number of benzene rings is 1. The van der Waals surface area contributed by atoms with Crippen LogP contribution in [0.2, 0.25) is 0 Å². The van der Waals surface area contributed by atoms with Crippen molar-refractivity contribution < 1.29 is 61.6 Å². The third-order valence-corrected chi connectivity index (χ3v) is 11.0. The molecule has 0 radical (unpaired) electrons. The number of anilines is 2. The van der Waals surface area contributed by atoms with Crippen LogP contribution in [0.15, 0.2) is 18.2 Å². The normalized spacial score (nSPS) is 13.5. The molecule has 3 aromatic rings. The van der Waals surface area contributed by atoms with Crippen LogP contribution in [0.5, 0.6) is 0 Å². The van der Waals surface area contributed by atoms with Gasteiger partial charge in [-0.3, -0.25) is 9.69 Å². The molecule has 0 amide bonds. The number of nitrogen functional groups attached to an aromatic ring is 1. The number of piperazine rings is 1. The van der Waals surface area contributed by atoms with Crippen LogP contribution >= 0.6 is 11.8 Å². The van der Waals surface area contributed by atoms with Crippen LogP contribution in [0.3, 0.4) is 0 Å². The van der Waals surface area contributed by atoms with Gasteiger partial charge in [-0.05, 0) is 30.9 Å². The molecule has 1 aliphatic rings. The number of nitrogens with zero attached hydrogens (tertiary/aromatic N) is 4. The Morgan fingerprint density at radius 2 is 1.03 bits per heavy atom. The topological polar surface area (TPSA) is 202 Å². The van der Waals surface area contributed by atoms with Gasteiger partial charge in [0.25, 0.3) is 0 Å². The zero-order valence-electron chi connectivity index (χ0n) is 39.6. The number of pyridine rings is 1. The van der Waals surface area contributed by atoms with Gasteiger partial charge in [0.1, 0.15) is 22.7 Å². The Balaban J connectivity index is 0.809. The van der Waals surface area contributed by atoms with E-state index >= 15 is 0 Å². The molecule has 1 aliphatic heterocycles. The maximum Gasteiger partial charge on any atom is 0.190 e. The first-order valence-electron chi connectivity index (χ1n) is 23.6. The summed E-state index contributed by atoms with van der Waals surface area (Å²) in [4.78, 5) is 29.0. The highest BCUT2D eigenvalue weighted by molar-refractivity contribution is 8.13. The van der Waals surface area contributed by atoms with Crippen molar-refractivity contribution in [2.75, 3.05) is 208 Å². The molecular formula is C46H78N6O13S. The SMILES string of the molecule is CCCCc1nc2c([nH]1)c(N)nc1ccc(N3CCN(CCOCCOCCOCCOCCOCCOCCOCCOCCOCCOCCOCCOCCC(=O)SC)CC3)cc12. The lowest BCUT2D eigenvalue weighted by Gasteiger charge is -2.36. The number of nitrogens with two attached hydrogens (primary N) is 1. The summed E-state index contributed by atoms with van der Waals surface area (Å²) in [6.45, 7) is 19.1. The number of hydrogen-bond acceptors (Lipinski definition) is 19. The standard InChI is InChI=1S/C46H78N6O13S/c1-3-4-5-42-49-44-40-38-39(6-7-41(40)48-46(47)45(44)50-42)52-11-9-51(10-12-52)13-15-55-17-19-57-21-23-59-25-27-61-29-31-63-33-35-65-37-36-64-34-32-62-30-28-60-26-24-58-22-20-56-18-16-54-14-8-43(53)66-2/h6-7,38H,3-5,8-37H2,1-2H3,(H2,47,48)(H,49,50). The molecule has 0 unspecified atom stereocenters. The minimum Gasteiger partial charge on any atom is -0.382 e. The Morgan fingerprint density at radius 1 is 0.606 bits per heavy atom. The van der Waals surface area contributed by atoms with Gasteiger partial charge in [-0.15, -0.1) is 0 Å². The number of aryl methyl sites for hydroxylation is 1. The van der Waals surface area contributed by atoms with Gasteiger partial charge < -0.3 is 72.5 Å². The van der Waals surface area contributed by atoms with Gasteiger partial charge in [-0.2, -0.15) is 0 Å². The van der Waals surface area contributed by atoms with Crippen molar-refractivity contribution in [1.29, 1.82) is 0 Å². The lowest BCUT2D eigenvalue weighted by atomic mass is 10.1. The number of imidazole rings is 1. The van der Waals surface area contributed by atoms with Gasteiger partial charge in [0.15, 0.2) is 5.12 Å². The number of rotatable bonds is 43. The Kier molecular flexibility index (Phi) is 31.4. The molecular weight excluding hydrogens is 877 g/mol. The minimum absolute atomic E-state index is 0.129. The van der Waals surface area contributed by atoms with Gasteiger partial charge in [-0.1, -0.05) is 25.1 Å². The van der Waals surface area contributed by atoms with Gasteiger partial charge in [0.05, 0.1) is 164 Å². The summed E-state index contributed by atoms with van der Waals surface area (Å²) < 4.78 is 66.4. The largest absolute Gasteiger partial charge is 0.382 e. The fraction of sp³-hybridized carbons (Fsp3) is 0.761. The van der Waals surface area contributed by atoms with Crippen molar-refractivity contribution in [2.24, 2.45) is 0 Å². The molecule has 2 aromatic heterocycles. The predicted molar refractivity (Wildman–Crippen MR) is 256 cm³/mol. The highest BCUT2D eigenvalue weighted by Gasteiger charge is 2.19. The fourth-order valence-electron chi connectivity index (χ4n) is 6.66. The summed E-state index contributed by atoms with van der Waals surface area (Å²) >= 11 is 1.22. The molecule has 0 atom stereocenters. The number of ether oxygens (including phenoxy) is 12. The summed E-state index contributed by atoms with van der Waals surface area (Å²) in [6, 6.07) is 6.41. The van der Waals surface area contributed by atoms with Gasteiger partial charge in [0.2, 0.25) is 0 Å². The second-order valence-corrected chi connectivity index (χ2v) is 16.1. The number of nitrogens with one attached hydrogen (secondary N) is 1. The van der Waals surface area contributed by atoms with Crippen LogP contribution in [0.25, 0.3) is 21.9 Å². The number of unbranched alkanes of at least 4 members (excludes halogenated alkanes) is 1. The zero-order chi connectivity index (χ0) is 46.5.